The molecule has 0 saturated carbocycles. The predicted molar refractivity (Wildman–Crippen MR) is 84.5 cm³/mol. The molecule has 0 radical (unpaired) electrons. The first-order valence-electron chi connectivity index (χ1n) is 6.67. The highest BCUT2D eigenvalue weighted by atomic mass is 79.9. The predicted octanol–water partition coefficient (Wildman–Crippen LogP) is 2.34. The standard InChI is InChI=1S/C14H18BrFN2OS/c15-12-7-10(1-2-13(12)16)3-4-18-14(19)8-11-9-20-6-5-17-11/h1-2,7,11,17H,3-6,8-9H2,(H,18,19). The summed E-state index contributed by atoms with van der Waals surface area (Å²) in [6.45, 7) is 1.56. The molecule has 0 aliphatic carbocycles. The molecular formula is C14H18BrFN2OS. The van der Waals surface area contributed by atoms with Crippen molar-refractivity contribution in [3.05, 3.63) is 34.1 Å². The van der Waals surface area contributed by atoms with Crippen LogP contribution in [0.3, 0.4) is 0 Å². The Bertz CT molecular complexity index is 466. The summed E-state index contributed by atoms with van der Waals surface area (Å²) in [7, 11) is 0. The van der Waals surface area contributed by atoms with Crippen molar-refractivity contribution in [2.24, 2.45) is 0 Å². The van der Waals surface area contributed by atoms with E-state index in [1.54, 1.807) is 12.1 Å². The van der Waals surface area contributed by atoms with Crippen LogP contribution in [0.5, 0.6) is 0 Å². The van der Waals surface area contributed by atoms with Crippen LogP contribution in [-0.2, 0) is 11.2 Å². The SMILES string of the molecule is O=C(CC1CSCCN1)NCCc1ccc(F)c(Br)c1. The van der Waals surface area contributed by atoms with Gasteiger partial charge >= 0.3 is 0 Å². The van der Waals surface area contributed by atoms with Gasteiger partial charge in [0.25, 0.3) is 0 Å². The summed E-state index contributed by atoms with van der Waals surface area (Å²) < 4.78 is 13.5. The van der Waals surface area contributed by atoms with E-state index in [-0.39, 0.29) is 17.8 Å². The lowest BCUT2D eigenvalue weighted by atomic mass is 10.1. The number of benzene rings is 1. The average Bonchev–Trinajstić information content (AvgIpc) is 2.44. The van der Waals surface area contributed by atoms with Gasteiger partial charge in [0, 0.05) is 37.1 Å². The second-order valence-corrected chi connectivity index (χ2v) is 6.78. The molecule has 2 N–H and O–H groups in total. The van der Waals surface area contributed by atoms with Crippen LogP contribution >= 0.6 is 27.7 Å². The van der Waals surface area contributed by atoms with Crippen LogP contribution < -0.4 is 10.6 Å². The third-order valence-corrected chi connectivity index (χ3v) is 4.89. The van der Waals surface area contributed by atoms with Gasteiger partial charge in [0.1, 0.15) is 5.82 Å². The molecule has 0 spiro atoms. The Labute approximate surface area is 131 Å². The van der Waals surface area contributed by atoms with Crippen molar-refractivity contribution in [3.63, 3.8) is 0 Å². The zero-order chi connectivity index (χ0) is 14.4. The molecule has 1 aliphatic heterocycles. The van der Waals surface area contributed by atoms with E-state index in [2.05, 4.69) is 26.6 Å². The maximum absolute atomic E-state index is 13.1. The number of carbonyl (C=O) groups excluding carboxylic acids is 1. The van der Waals surface area contributed by atoms with E-state index in [1.165, 1.54) is 6.07 Å². The Kier molecular flexibility index (Phi) is 6.32. The van der Waals surface area contributed by atoms with Crippen LogP contribution in [0.2, 0.25) is 0 Å². The molecule has 0 bridgehead atoms. The molecule has 110 valence electrons. The minimum atomic E-state index is -0.265. The Morgan fingerprint density at radius 3 is 3.10 bits per heavy atom. The smallest absolute Gasteiger partial charge is 0.221 e. The number of rotatable bonds is 5. The summed E-state index contributed by atoms with van der Waals surface area (Å²) in [4.78, 5) is 11.8. The summed E-state index contributed by atoms with van der Waals surface area (Å²) in [5.41, 5.74) is 1.00. The van der Waals surface area contributed by atoms with Crippen LogP contribution in [0.25, 0.3) is 0 Å². The number of hydrogen-bond donors (Lipinski definition) is 2. The maximum atomic E-state index is 13.1. The van der Waals surface area contributed by atoms with E-state index >= 15 is 0 Å². The number of thioether (sulfide) groups is 1. The molecule has 6 heteroatoms. The van der Waals surface area contributed by atoms with Gasteiger partial charge in [0.05, 0.1) is 4.47 Å². The Morgan fingerprint density at radius 2 is 2.40 bits per heavy atom. The van der Waals surface area contributed by atoms with Crippen LogP contribution in [0.15, 0.2) is 22.7 Å². The molecule has 0 aromatic heterocycles. The van der Waals surface area contributed by atoms with Gasteiger partial charge in [-0.25, -0.2) is 4.39 Å². The highest BCUT2D eigenvalue weighted by Crippen LogP contribution is 2.17. The van der Waals surface area contributed by atoms with Gasteiger partial charge in [0.2, 0.25) is 5.91 Å². The maximum Gasteiger partial charge on any atom is 0.221 e. The number of hydrogen-bond acceptors (Lipinski definition) is 3. The topological polar surface area (TPSA) is 41.1 Å². The molecule has 1 atom stereocenters. The van der Waals surface area contributed by atoms with Crippen molar-refractivity contribution in [2.75, 3.05) is 24.6 Å². The number of halogens is 2. The fourth-order valence-electron chi connectivity index (χ4n) is 2.09. The molecule has 1 aliphatic rings. The van der Waals surface area contributed by atoms with Crippen LogP contribution in [-0.4, -0.2) is 36.5 Å². The molecule has 1 saturated heterocycles. The van der Waals surface area contributed by atoms with E-state index in [0.29, 0.717) is 23.9 Å². The molecule has 1 aromatic carbocycles. The number of carbonyl (C=O) groups is 1. The third kappa shape index (κ3) is 5.07. The lowest BCUT2D eigenvalue weighted by Crippen LogP contribution is -2.41. The molecule has 2 rings (SSSR count). The van der Waals surface area contributed by atoms with E-state index < -0.39 is 0 Å². The highest BCUT2D eigenvalue weighted by Gasteiger charge is 2.16. The largest absolute Gasteiger partial charge is 0.356 e. The second kappa shape index (κ2) is 8.00. The fraction of sp³-hybridized carbons (Fsp3) is 0.500. The van der Waals surface area contributed by atoms with Crippen molar-refractivity contribution in [1.29, 1.82) is 0 Å². The van der Waals surface area contributed by atoms with Crippen LogP contribution in [0.4, 0.5) is 4.39 Å². The first kappa shape index (κ1) is 15.8. The van der Waals surface area contributed by atoms with E-state index in [4.69, 9.17) is 0 Å². The van der Waals surface area contributed by atoms with Crippen LogP contribution in [0.1, 0.15) is 12.0 Å². The number of nitrogens with one attached hydrogen (secondary N) is 2. The quantitative estimate of drug-likeness (QED) is 0.846. The van der Waals surface area contributed by atoms with Gasteiger partial charge in [-0.05, 0) is 40.0 Å². The lowest BCUT2D eigenvalue weighted by molar-refractivity contribution is -0.121. The summed E-state index contributed by atoms with van der Waals surface area (Å²) in [5, 5.41) is 6.26. The molecule has 1 unspecified atom stereocenters. The summed E-state index contributed by atoms with van der Waals surface area (Å²) >= 11 is 5.05. The third-order valence-electron chi connectivity index (χ3n) is 3.15. The summed E-state index contributed by atoms with van der Waals surface area (Å²) in [5.74, 6) is 1.93. The number of amides is 1. The zero-order valence-electron chi connectivity index (χ0n) is 11.1. The van der Waals surface area contributed by atoms with Crippen molar-refractivity contribution < 1.29 is 9.18 Å². The summed E-state index contributed by atoms with van der Waals surface area (Å²) in [6, 6.07) is 5.21. The molecule has 20 heavy (non-hydrogen) atoms. The minimum Gasteiger partial charge on any atom is -0.356 e. The monoisotopic (exact) mass is 360 g/mol. The van der Waals surface area contributed by atoms with Gasteiger partial charge in [0.15, 0.2) is 0 Å². The second-order valence-electron chi connectivity index (χ2n) is 4.78. The van der Waals surface area contributed by atoms with E-state index in [1.807, 2.05) is 11.8 Å². The fourth-order valence-corrected chi connectivity index (χ4v) is 3.46. The summed E-state index contributed by atoms with van der Waals surface area (Å²) in [6.07, 6.45) is 1.23. The molecule has 1 aromatic rings. The minimum absolute atomic E-state index is 0.0752. The van der Waals surface area contributed by atoms with Crippen molar-refractivity contribution in [2.45, 2.75) is 18.9 Å². The van der Waals surface area contributed by atoms with Crippen molar-refractivity contribution in [1.82, 2.24) is 10.6 Å². The van der Waals surface area contributed by atoms with E-state index in [0.717, 1.165) is 23.6 Å². The lowest BCUT2D eigenvalue weighted by Gasteiger charge is -2.22. The van der Waals surface area contributed by atoms with E-state index in [9.17, 15) is 9.18 Å². The highest BCUT2D eigenvalue weighted by molar-refractivity contribution is 9.10. The normalized spacial score (nSPS) is 18.8. The van der Waals surface area contributed by atoms with Crippen molar-refractivity contribution >= 4 is 33.6 Å². The van der Waals surface area contributed by atoms with Crippen LogP contribution in [0, 0.1) is 5.82 Å². The molecule has 1 heterocycles. The molecule has 3 nitrogen and oxygen atoms in total. The molecule has 1 amide bonds. The molecule has 1 fully saturated rings. The first-order chi connectivity index (χ1) is 9.65. The van der Waals surface area contributed by atoms with Gasteiger partial charge in [-0.1, -0.05) is 6.07 Å². The van der Waals surface area contributed by atoms with Gasteiger partial charge in [-0.15, -0.1) is 0 Å². The van der Waals surface area contributed by atoms with Crippen molar-refractivity contribution in [3.8, 4) is 0 Å². The Balaban J connectivity index is 1.69. The first-order valence-corrected chi connectivity index (χ1v) is 8.61. The van der Waals surface area contributed by atoms with Gasteiger partial charge < -0.3 is 10.6 Å². The molecular weight excluding hydrogens is 343 g/mol. The van der Waals surface area contributed by atoms with Gasteiger partial charge in [-0.2, -0.15) is 11.8 Å². The van der Waals surface area contributed by atoms with Gasteiger partial charge in [-0.3, -0.25) is 4.79 Å². The Hall–Kier alpha value is -0.590. The zero-order valence-corrected chi connectivity index (χ0v) is 13.5. The Morgan fingerprint density at radius 1 is 1.55 bits per heavy atom. The average molecular weight is 361 g/mol.